The van der Waals surface area contributed by atoms with Gasteiger partial charge >= 0.3 is 0 Å². The SMILES string of the molecule is O=C(NCCCN1CCOCC1)c1cnc2nsnc2c1. The van der Waals surface area contributed by atoms with Gasteiger partial charge in [-0.2, -0.15) is 8.75 Å². The fraction of sp³-hybridized carbons (Fsp3) is 0.538. The van der Waals surface area contributed by atoms with Gasteiger partial charge in [0, 0.05) is 25.8 Å². The topological polar surface area (TPSA) is 80.2 Å². The third kappa shape index (κ3) is 3.72. The summed E-state index contributed by atoms with van der Waals surface area (Å²) >= 11 is 1.10. The lowest BCUT2D eigenvalue weighted by atomic mass is 10.2. The molecule has 21 heavy (non-hydrogen) atoms. The van der Waals surface area contributed by atoms with E-state index in [-0.39, 0.29) is 5.91 Å². The third-order valence-corrected chi connectivity index (χ3v) is 3.95. The molecule has 112 valence electrons. The smallest absolute Gasteiger partial charge is 0.252 e. The van der Waals surface area contributed by atoms with Crippen LogP contribution in [0.2, 0.25) is 0 Å². The summed E-state index contributed by atoms with van der Waals surface area (Å²) in [6.07, 6.45) is 2.47. The predicted molar refractivity (Wildman–Crippen MR) is 79.4 cm³/mol. The molecule has 3 rings (SSSR count). The molecule has 8 heteroatoms. The molecule has 1 saturated heterocycles. The lowest BCUT2D eigenvalue weighted by Crippen LogP contribution is -2.38. The van der Waals surface area contributed by atoms with Crippen LogP contribution in [0.25, 0.3) is 11.2 Å². The van der Waals surface area contributed by atoms with Gasteiger partial charge in [0.1, 0.15) is 5.52 Å². The number of fused-ring (bicyclic) bond motifs is 1. The van der Waals surface area contributed by atoms with Gasteiger partial charge in [-0.1, -0.05) is 0 Å². The molecule has 7 nitrogen and oxygen atoms in total. The highest BCUT2D eigenvalue weighted by Gasteiger charge is 2.11. The van der Waals surface area contributed by atoms with Crippen LogP contribution in [-0.4, -0.2) is 63.9 Å². The zero-order chi connectivity index (χ0) is 14.5. The number of nitrogens with one attached hydrogen (secondary N) is 1. The van der Waals surface area contributed by atoms with Gasteiger partial charge < -0.3 is 10.1 Å². The Hall–Kier alpha value is -1.64. The van der Waals surface area contributed by atoms with Crippen LogP contribution >= 0.6 is 11.7 Å². The van der Waals surface area contributed by atoms with Crippen LogP contribution in [0.3, 0.4) is 0 Å². The van der Waals surface area contributed by atoms with Crippen molar-refractivity contribution in [3.63, 3.8) is 0 Å². The molecular weight excluding hydrogens is 290 g/mol. The molecule has 1 aliphatic heterocycles. The molecule has 1 amide bonds. The van der Waals surface area contributed by atoms with Gasteiger partial charge in [-0.25, -0.2) is 4.98 Å². The van der Waals surface area contributed by atoms with Gasteiger partial charge in [0.25, 0.3) is 5.91 Å². The van der Waals surface area contributed by atoms with Crippen LogP contribution < -0.4 is 5.32 Å². The molecule has 2 aromatic heterocycles. The summed E-state index contributed by atoms with van der Waals surface area (Å²) in [5.74, 6) is -0.112. The zero-order valence-corrected chi connectivity index (χ0v) is 12.4. The molecule has 1 aliphatic rings. The number of ether oxygens (including phenoxy) is 1. The Kier molecular flexibility index (Phi) is 4.69. The van der Waals surface area contributed by atoms with E-state index < -0.39 is 0 Å². The average molecular weight is 307 g/mol. The van der Waals surface area contributed by atoms with Crippen LogP contribution in [-0.2, 0) is 4.74 Å². The second-order valence-electron chi connectivity index (χ2n) is 4.89. The van der Waals surface area contributed by atoms with E-state index >= 15 is 0 Å². The Labute approximate surface area is 126 Å². The van der Waals surface area contributed by atoms with E-state index in [4.69, 9.17) is 4.74 Å². The Morgan fingerprint density at radius 2 is 2.24 bits per heavy atom. The minimum absolute atomic E-state index is 0.112. The summed E-state index contributed by atoms with van der Waals surface area (Å²) in [5.41, 5.74) is 1.78. The second kappa shape index (κ2) is 6.88. The first kappa shape index (κ1) is 14.3. The van der Waals surface area contributed by atoms with Crippen molar-refractivity contribution < 1.29 is 9.53 Å². The first-order chi connectivity index (χ1) is 10.3. The number of morpholine rings is 1. The number of carbonyl (C=O) groups is 1. The Balaban J connectivity index is 1.45. The quantitative estimate of drug-likeness (QED) is 0.812. The van der Waals surface area contributed by atoms with Crippen molar-refractivity contribution in [2.24, 2.45) is 0 Å². The van der Waals surface area contributed by atoms with Crippen molar-refractivity contribution >= 4 is 28.8 Å². The van der Waals surface area contributed by atoms with Gasteiger partial charge in [0.05, 0.1) is 30.5 Å². The number of rotatable bonds is 5. The van der Waals surface area contributed by atoms with Gasteiger partial charge in [-0.05, 0) is 19.0 Å². The molecule has 0 radical (unpaired) electrons. The van der Waals surface area contributed by atoms with E-state index in [2.05, 4.69) is 23.9 Å². The molecule has 0 saturated carbocycles. The standard InChI is InChI=1S/C13H17N5O2S/c19-13(10-8-11-12(15-9-10)17-21-16-11)14-2-1-3-18-4-6-20-7-5-18/h8-9H,1-7H2,(H,14,19). The fourth-order valence-corrected chi connectivity index (χ4v) is 2.72. The number of carbonyl (C=O) groups excluding carboxylic acids is 1. The van der Waals surface area contributed by atoms with Crippen molar-refractivity contribution in [2.45, 2.75) is 6.42 Å². The van der Waals surface area contributed by atoms with E-state index in [0.29, 0.717) is 23.3 Å². The molecule has 0 unspecified atom stereocenters. The maximum Gasteiger partial charge on any atom is 0.252 e. The molecule has 0 atom stereocenters. The van der Waals surface area contributed by atoms with Gasteiger partial charge in [0.15, 0.2) is 5.65 Å². The first-order valence-corrected chi connectivity index (χ1v) is 7.72. The van der Waals surface area contributed by atoms with E-state index in [9.17, 15) is 4.79 Å². The van der Waals surface area contributed by atoms with Crippen LogP contribution in [0.5, 0.6) is 0 Å². The lowest BCUT2D eigenvalue weighted by Gasteiger charge is -2.26. The molecular formula is C13H17N5O2S. The van der Waals surface area contributed by atoms with E-state index in [1.807, 2.05) is 0 Å². The van der Waals surface area contributed by atoms with Crippen LogP contribution in [0.1, 0.15) is 16.8 Å². The van der Waals surface area contributed by atoms with Gasteiger partial charge in [0.2, 0.25) is 0 Å². The van der Waals surface area contributed by atoms with Gasteiger partial charge in [-0.15, -0.1) is 0 Å². The van der Waals surface area contributed by atoms with Crippen molar-refractivity contribution in [3.8, 4) is 0 Å². The Bertz CT molecular complexity index is 611. The van der Waals surface area contributed by atoms with E-state index in [1.165, 1.54) is 0 Å². The number of nitrogens with zero attached hydrogens (tertiary/aromatic N) is 4. The molecule has 2 aromatic rings. The van der Waals surface area contributed by atoms with E-state index in [0.717, 1.165) is 51.0 Å². The lowest BCUT2D eigenvalue weighted by molar-refractivity contribution is 0.0374. The third-order valence-electron chi connectivity index (χ3n) is 3.42. The van der Waals surface area contributed by atoms with Crippen LogP contribution in [0.15, 0.2) is 12.3 Å². The summed E-state index contributed by atoms with van der Waals surface area (Å²) in [7, 11) is 0. The van der Waals surface area contributed by atoms with Gasteiger partial charge in [-0.3, -0.25) is 9.69 Å². The number of hydrogen-bond acceptors (Lipinski definition) is 7. The molecule has 0 bridgehead atoms. The second-order valence-corrected chi connectivity index (χ2v) is 5.42. The largest absolute Gasteiger partial charge is 0.379 e. The maximum atomic E-state index is 12.0. The summed E-state index contributed by atoms with van der Waals surface area (Å²) < 4.78 is 13.4. The number of aromatic nitrogens is 3. The number of amides is 1. The molecule has 0 spiro atoms. The minimum atomic E-state index is -0.112. The Morgan fingerprint density at radius 3 is 3.10 bits per heavy atom. The summed E-state index contributed by atoms with van der Waals surface area (Å²) in [6.45, 7) is 5.20. The van der Waals surface area contributed by atoms with Crippen molar-refractivity contribution in [2.75, 3.05) is 39.4 Å². The Morgan fingerprint density at radius 1 is 1.38 bits per heavy atom. The molecule has 1 N–H and O–H groups in total. The van der Waals surface area contributed by atoms with Crippen molar-refractivity contribution in [1.82, 2.24) is 23.9 Å². The minimum Gasteiger partial charge on any atom is -0.379 e. The average Bonchev–Trinajstić information content (AvgIpc) is 3.00. The monoisotopic (exact) mass is 307 g/mol. The molecule has 3 heterocycles. The highest BCUT2D eigenvalue weighted by Crippen LogP contribution is 2.10. The number of pyridine rings is 1. The van der Waals surface area contributed by atoms with E-state index in [1.54, 1.807) is 12.3 Å². The van der Waals surface area contributed by atoms with Crippen LogP contribution in [0, 0.1) is 0 Å². The highest BCUT2D eigenvalue weighted by atomic mass is 32.1. The summed E-state index contributed by atoms with van der Waals surface area (Å²) in [4.78, 5) is 18.5. The molecule has 0 aromatic carbocycles. The predicted octanol–water partition coefficient (Wildman–Crippen LogP) is 0.538. The normalized spacial score (nSPS) is 16.2. The highest BCUT2D eigenvalue weighted by molar-refractivity contribution is 7.00. The van der Waals surface area contributed by atoms with Crippen LogP contribution in [0.4, 0.5) is 0 Å². The molecule has 1 fully saturated rings. The maximum absolute atomic E-state index is 12.0. The van der Waals surface area contributed by atoms with Crippen molar-refractivity contribution in [1.29, 1.82) is 0 Å². The first-order valence-electron chi connectivity index (χ1n) is 6.99. The molecule has 0 aliphatic carbocycles. The number of hydrogen-bond donors (Lipinski definition) is 1. The summed E-state index contributed by atoms with van der Waals surface area (Å²) in [5, 5.41) is 2.91. The van der Waals surface area contributed by atoms with Crippen molar-refractivity contribution in [3.05, 3.63) is 17.8 Å². The zero-order valence-electron chi connectivity index (χ0n) is 11.6. The summed E-state index contributed by atoms with van der Waals surface area (Å²) in [6, 6.07) is 1.73. The fourth-order valence-electron chi connectivity index (χ4n) is 2.24.